The third kappa shape index (κ3) is 3.80. The third-order valence-electron chi connectivity index (χ3n) is 3.43. The van der Waals surface area contributed by atoms with Gasteiger partial charge in [-0.15, -0.1) is 5.10 Å². The summed E-state index contributed by atoms with van der Waals surface area (Å²) in [7, 11) is 0. The number of hydrogen-bond acceptors (Lipinski definition) is 4. The number of aromatic nitrogens is 3. The summed E-state index contributed by atoms with van der Waals surface area (Å²) < 4.78 is 1.57. The van der Waals surface area contributed by atoms with Crippen LogP contribution in [-0.4, -0.2) is 39.2 Å². The first kappa shape index (κ1) is 13.0. The van der Waals surface area contributed by atoms with Crippen molar-refractivity contribution in [2.75, 3.05) is 13.1 Å². The Balaban J connectivity index is 1.63. The summed E-state index contributed by atoms with van der Waals surface area (Å²) >= 11 is 0. The quantitative estimate of drug-likeness (QED) is 0.742. The fourth-order valence-electron chi connectivity index (χ4n) is 2.40. The fraction of sp³-hybridized carbons (Fsp3) is 0.750. The normalized spacial score (nSPS) is 16.9. The van der Waals surface area contributed by atoms with Crippen LogP contribution in [0.25, 0.3) is 0 Å². The molecule has 6 heteroatoms. The molecule has 0 atom stereocenters. The Morgan fingerprint density at radius 3 is 2.89 bits per heavy atom. The van der Waals surface area contributed by atoms with E-state index in [1.165, 1.54) is 38.3 Å². The number of carboxylic acids is 1. The van der Waals surface area contributed by atoms with Gasteiger partial charge in [0.25, 0.3) is 0 Å². The van der Waals surface area contributed by atoms with Gasteiger partial charge in [-0.2, -0.15) is 0 Å². The molecule has 18 heavy (non-hydrogen) atoms. The summed E-state index contributed by atoms with van der Waals surface area (Å²) in [5.74, 6) is -0.222. The van der Waals surface area contributed by atoms with Crippen LogP contribution in [0.3, 0.4) is 0 Å². The molecule has 0 spiro atoms. The molecule has 0 saturated heterocycles. The van der Waals surface area contributed by atoms with Gasteiger partial charge in [-0.1, -0.05) is 24.5 Å². The highest BCUT2D eigenvalue weighted by Crippen LogP contribution is 2.22. The second-order valence-electron chi connectivity index (χ2n) is 4.88. The van der Waals surface area contributed by atoms with E-state index in [0.29, 0.717) is 6.54 Å². The minimum absolute atomic E-state index is 0.00211. The van der Waals surface area contributed by atoms with Crippen LogP contribution in [0.15, 0.2) is 6.20 Å². The number of carboxylic acid groups (broad SMARTS) is 1. The summed E-state index contributed by atoms with van der Waals surface area (Å²) in [5, 5.41) is 19.5. The summed E-state index contributed by atoms with van der Waals surface area (Å²) in [6.45, 7) is 2.52. The largest absolute Gasteiger partial charge is 0.476 e. The van der Waals surface area contributed by atoms with Crippen molar-refractivity contribution in [1.82, 2.24) is 20.3 Å². The van der Waals surface area contributed by atoms with Gasteiger partial charge in [0.1, 0.15) is 0 Å². The molecule has 1 aliphatic rings. The summed E-state index contributed by atoms with van der Waals surface area (Å²) in [6.07, 6.45) is 8.23. The van der Waals surface area contributed by atoms with Crippen LogP contribution in [0.4, 0.5) is 0 Å². The molecule has 1 heterocycles. The van der Waals surface area contributed by atoms with E-state index in [4.69, 9.17) is 5.11 Å². The molecule has 1 fully saturated rings. The van der Waals surface area contributed by atoms with Crippen molar-refractivity contribution in [3.8, 4) is 0 Å². The van der Waals surface area contributed by atoms with E-state index < -0.39 is 5.97 Å². The lowest BCUT2D eigenvalue weighted by Crippen LogP contribution is -2.27. The van der Waals surface area contributed by atoms with Crippen molar-refractivity contribution in [2.24, 2.45) is 5.92 Å². The third-order valence-corrected chi connectivity index (χ3v) is 3.43. The van der Waals surface area contributed by atoms with Crippen molar-refractivity contribution in [3.63, 3.8) is 0 Å². The predicted molar refractivity (Wildman–Crippen MR) is 66.4 cm³/mol. The smallest absolute Gasteiger partial charge is 0.358 e. The number of nitrogens with zero attached hydrogens (tertiary/aromatic N) is 3. The number of hydrogen-bond donors (Lipinski definition) is 2. The maximum Gasteiger partial charge on any atom is 0.358 e. The van der Waals surface area contributed by atoms with E-state index >= 15 is 0 Å². The Morgan fingerprint density at radius 2 is 2.22 bits per heavy atom. The highest BCUT2D eigenvalue weighted by Gasteiger charge is 2.12. The molecule has 2 N–H and O–H groups in total. The lowest BCUT2D eigenvalue weighted by Gasteiger charge is -2.21. The van der Waals surface area contributed by atoms with Crippen LogP contribution in [-0.2, 0) is 6.54 Å². The molecule has 0 amide bonds. The minimum Gasteiger partial charge on any atom is -0.476 e. The number of rotatable bonds is 6. The Morgan fingerprint density at radius 1 is 1.44 bits per heavy atom. The zero-order valence-corrected chi connectivity index (χ0v) is 10.5. The first-order chi connectivity index (χ1) is 8.75. The SMILES string of the molecule is O=C(O)c1cn(CCNCC2CCCCC2)nn1. The molecule has 0 bridgehead atoms. The number of nitrogens with one attached hydrogen (secondary N) is 1. The van der Waals surface area contributed by atoms with E-state index in [1.807, 2.05) is 0 Å². The van der Waals surface area contributed by atoms with Crippen LogP contribution in [0.1, 0.15) is 42.6 Å². The summed E-state index contributed by atoms with van der Waals surface area (Å²) in [5.41, 5.74) is 0.00211. The van der Waals surface area contributed by atoms with Crippen molar-refractivity contribution in [1.29, 1.82) is 0 Å². The molecule has 0 aliphatic heterocycles. The van der Waals surface area contributed by atoms with Crippen LogP contribution in [0.5, 0.6) is 0 Å². The van der Waals surface area contributed by atoms with Crippen LogP contribution in [0.2, 0.25) is 0 Å². The zero-order chi connectivity index (χ0) is 12.8. The molecular formula is C12H20N4O2. The molecular weight excluding hydrogens is 232 g/mol. The van der Waals surface area contributed by atoms with Gasteiger partial charge in [-0.3, -0.25) is 4.68 Å². The van der Waals surface area contributed by atoms with E-state index in [-0.39, 0.29) is 5.69 Å². The molecule has 100 valence electrons. The standard InChI is InChI=1S/C12H20N4O2/c17-12(18)11-9-16(15-14-11)7-6-13-8-10-4-2-1-3-5-10/h9-10,13H,1-8H2,(H,17,18). The first-order valence-corrected chi connectivity index (χ1v) is 6.60. The van der Waals surface area contributed by atoms with Crippen molar-refractivity contribution in [2.45, 2.75) is 38.6 Å². The molecule has 1 aromatic heterocycles. The lowest BCUT2D eigenvalue weighted by molar-refractivity contribution is 0.0690. The maximum absolute atomic E-state index is 10.6. The average Bonchev–Trinajstić information content (AvgIpc) is 2.85. The minimum atomic E-state index is -1.03. The molecule has 2 rings (SSSR count). The van der Waals surface area contributed by atoms with Gasteiger partial charge < -0.3 is 10.4 Å². The predicted octanol–water partition coefficient (Wildman–Crippen LogP) is 1.15. The molecule has 6 nitrogen and oxygen atoms in total. The molecule has 0 aromatic carbocycles. The molecule has 1 aromatic rings. The number of carbonyl (C=O) groups is 1. The van der Waals surface area contributed by atoms with E-state index in [9.17, 15) is 4.79 Å². The maximum atomic E-state index is 10.6. The number of aromatic carboxylic acids is 1. The Bertz CT molecular complexity index is 385. The van der Waals surface area contributed by atoms with E-state index in [1.54, 1.807) is 4.68 Å². The van der Waals surface area contributed by atoms with Crippen molar-refractivity contribution in [3.05, 3.63) is 11.9 Å². The molecule has 1 saturated carbocycles. The molecule has 1 aliphatic carbocycles. The van der Waals surface area contributed by atoms with Gasteiger partial charge in [0.05, 0.1) is 12.7 Å². The van der Waals surface area contributed by atoms with Crippen LogP contribution >= 0.6 is 0 Å². The second kappa shape index (κ2) is 6.49. The Labute approximate surface area is 106 Å². The van der Waals surface area contributed by atoms with Crippen LogP contribution < -0.4 is 5.32 Å². The Hall–Kier alpha value is -1.43. The highest BCUT2D eigenvalue weighted by atomic mass is 16.4. The summed E-state index contributed by atoms with van der Waals surface area (Å²) in [6, 6.07) is 0. The van der Waals surface area contributed by atoms with Gasteiger partial charge in [0.15, 0.2) is 5.69 Å². The van der Waals surface area contributed by atoms with Crippen molar-refractivity contribution < 1.29 is 9.90 Å². The van der Waals surface area contributed by atoms with Crippen molar-refractivity contribution >= 4 is 5.97 Å². The van der Waals surface area contributed by atoms with Gasteiger partial charge in [-0.05, 0) is 25.3 Å². The Kier molecular flexibility index (Phi) is 4.69. The average molecular weight is 252 g/mol. The van der Waals surface area contributed by atoms with Gasteiger partial charge in [0, 0.05) is 6.54 Å². The van der Waals surface area contributed by atoms with Gasteiger partial charge in [-0.25, -0.2) is 4.79 Å². The van der Waals surface area contributed by atoms with Gasteiger partial charge >= 0.3 is 5.97 Å². The molecule has 0 radical (unpaired) electrons. The fourth-order valence-corrected chi connectivity index (χ4v) is 2.40. The highest BCUT2D eigenvalue weighted by molar-refractivity contribution is 5.84. The second-order valence-corrected chi connectivity index (χ2v) is 4.88. The van der Waals surface area contributed by atoms with Crippen LogP contribution in [0, 0.1) is 5.92 Å². The van der Waals surface area contributed by atoms with E-state index in [2.05, 4.69) is 15.6 Å². The lowest BCUT2D eigenvalue weighted by atomic mass is 9.89. The monoisotopic (exact) mass is 252 g/mol. The van der Waals surface area contributed by atoms with E-state index in [0.717, 1.165) is 19.0 Å². The summed E-state index contributed by atoms with van der Waals surface area (Å²) in [4.78, 5) is 10.6. The first-order valence-electron chi connectivity index (χ1n) is 6.60. The molecule has 0 unspecified atom stereocenters. The zero-order valence-electron chi connectivity index (χ0n) is 10.5. The van der Waals surface area contributed by atoms with Gasteiger partial charge in [0.2, 0.25) is 0 Å². The topological polar surface area (TPSA) is 80.0 Å².